The summed E-state index contributed by atoms with van der Waals surface area (Å²) >= 11 is 1.62. The molecular weight excluding hydrogens is 301 g/mol. The van der Waals surface area contributed by atoms with Crippen LogP contribution in [0.4, 0.5) is 4.39 Å². The molecule has 0 atom stereocenters. The summed E-state index contributed by atoms with van der Waals surface area (Å²) in [5.74, 6) is -0.0940. The number of ether oxygens (including phenoxy) is 1. The molecule has 0 spiro atoms. The van der Waals surface area contributed by atoms with Crippen molar-refractivity contribution in [2.75, 3.05) is 7.11 Å². The van der Waals surface area contributed by atoms with Crippen molar-refractivity contribution in [2.45, 2.75) is 18.8 Å². The van der Waals surface area contributed by atoms with E-state index in [-0.39, 0.29) is 5.82 Å². The molecule has 1 aliphatic rings. The molecule has 22 heavy (non-hydrogen) atoms. The SMILES string of the molecule is COC(=O)c1[nH]c2c(C3CC3)csc2c1-c1ccc(F)cc1. The number of fused-ring (bicyclic) bond motifs is 1. The highest BCUT2D eigenvalue weighted by Crippen LogP contribution is 2.47. The zero-order chi connectivity index (χ0) is 15.3. The number of aromatic nitrogens is 1. The summed E-state index contributed by atoms with van der Waals surface area (Å²) in [5, 5.41) is 2.16. The first-order chi connectivity index (χ1) is 10.7. The van der Waals surface area contributed by atoms with E-state index in [2.05, 4.69) is 10.4 Å². The molecule has 1 saturated carbocycles. The highest BCUT2D eigenvalue weighted by molar-refractivity contribution is 7.18. The zero-order valence-corrected chi connectivity index (χ0v) is 12.8. The van der Waals surface area contributed by atoms with Gasteiger partial charge in [-0.3, -0.25) is 0 Å². The van der Waals surface area contributed by atoms with Crippen LogP contribution in [-0.2, 0) is 4.74 Å². The third-order valence-corrected chi connectivity index (χ3v) is 5.10. The van der Waals surface area contributed by atoms with Gasteiger partial charge in [0.2, 0.25) is 0 Å². The van der Waals surface area contributed by atoms with Gasteiger partial charge < -0.3 is 9.72 Å². The molecule has 4 rings (SSSR count). The van der Waals surface area contributed by atoms with Crippen LogP contribution in [0.15, 0.2) is 29.6 Å². The highest BCUT2D eigenvalue weighted by atomic mass is 32.1. The first-order valence-corrected chi connectivity index (χ1v) is 8.04. The Morgan fingerprint density at radius 2 is 2.05 bits per heavy atom. The van der Waals surface area contributed by atoms with Gasteiger partial charge in [-0.25, -0.2) is 9.18 Å². The number of benzene rings is 1. The second-order valence-electron chi connectivity index (χ2n) is 5.54. The topological polar surface area (TPSA) is 42.1 Å². The lowest BCUT2D eigenvalue weighted by molar-refractivity contribution is 0.0596. The zero-order valence-electron chi connectivity index (χ0n) is 12.0. The van der Waals surface area contributed by atoms with Crippen molar-refractivity contribution in [1.82, 2.24) is 4.98 Å². The summed E-state index contributed by atoms with van der Waals surface area (Å²) in [4.78, 5) is 15.4. The van der Waals surface area contributed by atoms with Crippen LogP contribution in [-0.4, -0.2) is 18.1 Å². The molecule has 3 nitrogen and oxygen atoms in total. The van der Waals surface area contributed by atoms with Gasteiger partial charge in [-0.1, -0.05) is 12.1 Å². The van der Waals surface area contributed by atoms with Crippen molar-refractivity contribution in [1.29, 1.82) is 0 Å². The van der Waals surface area contributed by atoms with E-state index in [1.807, 2.05) is 0 Å². The Bertz CT molecular complexity index is 859. The van der Waals surface area contributed by atoms with Crippen molar-refractivity contribution in [3.8, 4) is 11.1 Å². The van der Waals surface area contributed by atoms with Gasteiger partial charge in [0.05, 0.1) is 17.3 Å². The van der Waals surface area contributed by atoms with Crippen LogP contribution in [0.1, 0.15) is 34.8 Å². The number of hydrogen-bond donors (Lipinski definition) is 1. The van der Waals surface area contributed by atoms with E-state index < -0.39 is 5.97 Å². The first kappa shape index (κ1) is 13.5. The minimum absolute atomic E-state index is 0.292. The molecule has 0 amide bonds. The van der Waals surface area contributed by atoms with Crippen molar-refractivity contribution < 1.29 is 13.9 Å². The van der Waals surface area contributed by atoms with E-state index in [1.54, 1.807) is 23.5 Å². The molecule has 2 aromatic heterocycles. The lowest BCUT2D eigenvalue weighted by atomic mass is 10.1. The number of nitrogens with one attached hydrogen (secondary N) is 1. The van der Waals surface area contributed by atoms with Crippen LogP contribution in [0.3, 0.4) is 0 Å². The Morgan fingerprint density at radius 3 is 2.68 bits per heavy atom. The van der Waals surface area contributed by atoms with E-state index in [0.717, 1.165) is 21.3 Å². The Hall–Kier alpha value is -2.14. The Labute approximate surface area is 130 Å². The number of H-pyrrole nitrogens is 1. The summed E-state index contributed by atoms with van der Waals surface area (Å²) in [6.45, 7) is 0. The number of methoxy groups -OCH3 is 1. The van der Waals surface area contributed by atoms with Gasteiger partial charge in [-0.15, -0.1) is 11.3 Å². The van der Waals surface area contributed by atoms with Gasteiger partial charge >= 0.3 is 5.97 Å². The lowest BCUT2D eigenvalue weighted by Crippen LogP contribution is -2.03. The summed E-state index contributed by atoms with van der Waals surface area (Å²) in [7, 11) is 1.37. The largest absolute Gasteiger partial charge is 0.464 e. The van der Waals surface area contributed by atoms with Crippen LogP contribution in [0.25, 0.3) is 21.3 Å². The van der Waals surface area contributed by atoms with Gasteiger partial charge in [0.15, 0.2) is 0 Å². The van der Waals surface area contributed by atoms with Crippen molar-refractivity contribution in [3.05, 3.63) is 46.7 Å². The number of aromatic amines is 1. The number of hydrogen-bond acceptors (Lipinski definition) is 3. The van der Waals surface area contributed by atoms with Crippen LogP contribution in [0, 0.1) is 5.82 Å². The lowest BCUT2D eigenvalue weighted by Gasteiger charge is -2.03. The molecule has 0 unspecified atom stereocenters. The predicted octanol–water partition coefficient (Wildman–Crippen LogP) is 4.70. The number of thiophene rings is 1. The minimum Gasteiger partial charge on any atom is -0.464 e. The molecular formula is C17H14FNO2S. The molecule has 1 aromatic carbocycles. The summed E-state index contributed by atoms with van der Waals surface area (Å²) in [5.41, 5.74) is 4.36. The maximum atomic E-state index is 13.2. The maximum Gasteiger partial charge on any atom is 0.355 e. The Balaban J connectivity index is 1.97. The van der Waals surface area contributed by atoms with E-state index >= 15 is 0 Å². The minimum atomic E-state index is -0.399. The molecule has 3 aromatic rings. The second kappa shape index (κ2) is 4.95. The molecule has 1 aliphatic carbocycles. The van der Waals surface area contributed by atoms with Crippen LogP contribution in [0.5, 0.6) is 0 Å². The smallest absolute Gasteiger partial charge is 0.355 e. The molecule has 0 saturated heterocycles. The van der Waals surface area contributed by atoms with Crippen molar-refractivity contribution in [2.24, 2.45) is 0 Å². The molecule has 2 heterocycles. The fourth-order valence-electron chi connectivity index (χ4n) is 2.83. The van der Waals surface area contributed by atoms with Gasteiger partial charge in [0.25, 0.3) is 0 Å². The fraction of sp³-hybridized carbons (Fsp3) is 0.235. The number of esters is 1. The fourth-order valence-corrected chi connectivity index (χ4v) is 4.01. The van der Waals surface area contributed by atoms with Crippen LogP contribution >= 0.6 is 11.3 Å². The number of carbonyl (C=O) groups is 1. The number of halogens is 1. The normalized spacial score (nSPS) is 14.5. The van der Waals surface area contributed by atoms with Gasteiger partial charge in [0.1, 0.15) is 11.5 Å². The monoisotopic (exact) mass is 315 g/mol. The standard InChI is InChI=1S/C17H14FNO2S/c1-21-17(20)15-13(10-4-6-11(18)7-5-10)16-14(19-15)12(8-22-16)9-2-3-9/h4-9,19H,2-3H2,1H3. The second-order valence-corrected chi connectivity index (χ2v) is 6.42. The van der Waals surface area contributed by atoms with E-state index in [1.165, 1.54) is 37.6 Å². The van der Waals surface area contributed by atoms with Gasteiger partial charge in [-0.2, -0.15) is 0 Å². The van der Waals surface area contributed by atoms with E-state index in [4.69, 9.17) is 4.74 Å². The average Bonchev–Trinajstić information content (AvgIpc) is 3.18. The van der Waals surface area contributed by atoms with E-state index in [9.17, 15) is 9.18 Å². The van der Waals surface area contributed by atoms with Crippen molar-refractivity contribution >= 4 is 27.5 Å². The Morgan fingerprint density at radius 1 is 1.32 bits per heavy atom. The average molecular weight is 315 g/mol. The molecule has 112 valence electrons. The van der Waals surface area contributed by atoms with Crippen LogP contribution < -0.4 is 0 Å². The summed E-state index contributed by atoms with van der Waals surface area (Å²) in [6, 6.07) is 6.21. The quantitative estimate of drug-likeness (QED) is 0.712. The number of carbonyl (C=O) groups excluding carboxylic acids is 1. The third-order valence-electron chi connectivity index (χ3n) is 4.09. The molecule has 0 radical (unpaired) electrons. The predicted molar refractivity (Wildman–Crippen MR) is 84.9 cm³/mol. The molecule has 5 heteroatoms. The third kappa shape index (κ3) is 2.04. The first-order valence-electron chi connectivity index (χ1n) is 7.16. The molecule has 1 N–H and O–H groups in total. The maximum absolute atomic E-state index is 13.2. The molecule has 0 bridgehead atoms. The van der Waals surface area contributed by atoms with Crippen molar-refractivity contribution in [3.63, 3.8) is 0 Å². The number of rotatable bonds is 3. The summed E-state index contributed by atoms with van der Waals surface area (Å²) in [6.07, 6.45) is 2.40. The van der Waals surface area contributed by atoms with Gasteiger partial charge in [0, 0.05) is 5.56 Å². The van der Waals surface area contributed by atoms with Crippen LogP contribution in [0.2, 0.25) is 0 Å². The summed E-state index contributed by atoms with van der Waals surface area (Å²) < 4.78 is 19.1. The molecule has 0 aliphatic heterocycles. The van der Waals surface area contributed by atoms with E-state index in [0.29, 0.717) is 11.6 Å². The molecule has 1 fully saturated rings. The highest BCUT2D eigenvalue weighted by Gasteiger charge is 2.30. The van der Waals surface area contributed by atoms with Gasteiger partial charge in [-0.05, 0) is 47.4 Å². The Kier molecular flexibility index (Phi) is 3.04.